The van der Waals surface area contributed by atoms with Crippen molar-refractivity contribution in [3.8, 4) is 0 Å². The molecule has 4 heteroatoms. The van der Waals surface area contributed by atoms with Crippen molar-refractivity contribution in [2.45, 2.75) is 32.7 Å². The van der Waals surface area contributed by atoms with E-state index in [1.165, 1.54) is 0 Å². The molecular weight excluding hydrogens is 324 g/mol. The molecule has 0 fully saturated rings. The van der Waals surface area contributed by atoms with Gasteiger partial charge in [0.2, 0.25) is 0 Å². The van der Waals surface area contributed by atoms with Crippen LogP contribution in [0.25, 0.3) is 10.9 Å². The third-order valence-corrected chi connectivity index (χ3v) is 5.09. The number of hydrogen-bond donors (Lipinski definition) is 0. The van der Waals surface area contributed by atoms with Crippen molar-refractivity contribution in [1.29, 1.82) is 0 Å². The van der Waals surface area contributed by atoms with Crippen LogP contribution in [0, 0.1) is 6.92 Å². The number of carbonyl (C=O) groups excluding carboxylic acids is 2. The van der Waals surface area contributed by atoms with Crippen LogP contribution >= 0.6 is 0 Å². The summed E-state index contributed by atoms with van der Waals surface area (Å²) >= 11 is 0. The highest BCUT2D eigenvalue weighted by atomic mass is 16.2. The standard InChI is InChI=1S/C22H20N2O2/c1-3-16(25)13-19-17-10-4-7-14(2)20(17)22(26)24(19)18-11-5-8-15-9-6-12-23-21(15)18/h4-12,19H,3,13H2,1-2H3. The zero-order valence-electron chi connectivity index (χ0n) is 14.9. The van der Waals surface area contributed by atoms with Gasteiger partial charge < -0.3 is 0 Å². The van der Waals surface area contributed by atoms with E-state index < -0.39 is 0 Å². The third kappa shape index (κ3) is 2.49. The maximum Gasteiger partial charge on any atom is 0.259 e. The maximum atomic E-state index is 13.3. The van der Waals surface area contributed by atoms with Crippen molar-refractivity contribution in [1.82, 2.24) is 4.98 Å². The quantitative estimate of drug-likeness (QED) is 0.694. The van der Waals surface area contributed by atoms with Crippen LogP contribution in [0.15, 0.2) is 54.7 Å². The lowest BCUT2D eigenvalue weighted by atomic mass is 9.96. The molecule has 3 aromatic rings. The van der Waals surface area contributed by atoms with Gasteiger partial charge in [-0.1, -0.05) is 43.3 Å². The summed E-state index contributed by atoms with van der Waals surface area (Å²) in [7, 11) is 0. The second kappa shape index (κ2) is 6.37. The van der Waals surface area contributed by atoms with Crippen molar-refractivity contribution < 1.29 is 9.59 Å². The Balaban J connectivity index is 1.92. The fourth-order valence-electron chi connectivity index (χ4n) is 3.78. The number of aryl methyl sites for hydroxylation is 1. The van der Waals surface area contributed by atoms with Gasteiger partial charge in [0.05, 0.1) is 17.2 Å². The number of benzene rings is 2. The number of Topliss-reactive ketones (excluding diaryl/α,β-unsaturated/α-hetero) is 1. The van der Waals surface area contributed by atoms with Crippen LogP contribution in [-0.4, -0.2) is 16.7 Å². The summed E-state index contributed by atoms with van der Waals surface area (Å²) in [5.74, 6) is 0.0977. The van der Waals surface area contributed by atoms with E-state index in [1.807, 2.05) is 62.4 Å². The molecule has 0 saturated carbocycles. The first-order chi connectivity index (χ1) is 12.6. The molecule has 1 aliphatic heterocycles. The van der Waals surface area contributed by atoms with Crippen LogP contribution in [0.5, 0.6) is 0 Å². The fourth-order valence-corrected chi connectivity index (χ4v) is 3.78. The predicted molar refractivity (Wildman–Crippen MR) is 102 cm³/mol. The number of anilines is 1. The Bertz CT molecular complexity index is 1020. The Morgan fingerprint density at radius 3 is 2.69 bits per heavy atom. The van der Waals surface area contributed by atoms with E-state index in [2.05, 4.69) is 4.98 Å². The number of carbonyl (C=O) groups is 2. The summed E-state index contributed by atoms with van der Waals surface area (Å²) in [4.78, 5) is 31.8. The molecule has 2 aromatic carbocycles. The summed E-state index contributed by atoms with van der Waals surface area (Å²) < 4.78 is 0. The monoisotopic (exact) mass is 344 g/mol. The molecule has 0 N–H and O–H groups in total. The fraction of sp³-hybridized carbons (Fsp3) is 0.227. The second-order valence-electron chi connectivity index (χ2n) is 6.68. The average molecular weight is 344 g/mol. The predicted octanol–water partition coefficient (Wildman–Crippen LogP) is 4.61. The maximum absolute atomic E-state index is 13.3. The molecule has 1 atom stereocenters. The number of fused-ring (bicyclic) bond motifs is 2. The van der Waals surface area contributed by atoms with Gasteiger partial charge in [0.25, 0.3) is 5.91 Å². The topological polar surface area (TPSA) is 50.3 Å². The Labute approximate surface area is 152 Å². The van der Waals surface area contributed by atoms with Crippen LogP contribution in [-0.2, 0) is 4.79 Å². The van der Waals surface area contributed by atoms with Crippen LogP contribution in [0.1, 0.15) is 47.3 Å². The lowest BCUT2D eigenvalue weighted by Crippen LogP contribution is -2.29. The van der Waals surface area contributed by atoms with Crippen molar-refractivity contribution in [3.63, 3.8) is 0 Å². The van der Waals surface area contributed by atoms with Crippen LogP contribution in [0.3, 0.4) is 0 Å². The second-order valence-corrected chi connectivity index (χ2v) is 6.68. The number of amides is 1. The van der Waals surface area contributed by atoms with Crippen LogP contribution in [0.4, 0.5) is 5.69 Å². The van der Waals surface area contributed by atoms with E-state index in [0.717, 1.165) is 27.7 Å². The average Bonchev–Trinajstić information content (AvgIpc) is 2.94. The van der Waals surface area contributed by atoms with Gasteiger partial charge in [0.15, 0.2) is 0 Å². The molecule has 1 aromatic heterocycles. The van der Waals surface area contributed by atoms with Crippen LogP contribution < -0.4 is 4.90 Å². The van der Waals surface area contributed by atoms with Gasteiger partial charge in [-0.25, -0.2) is 0 Å². The minimum absolute atomic E-state index is 0.0508. The van der Waals surface area contributed by atoms with Gasteiger partial charge in [-0.05, 0) is 30.2 Å². The molecule has 1 amide bonds. The van der Waals surface area contributed by atoms with Crippen molar-refractivity contribution in [2.24, 2.45) is 0 Å². The van der Waals surface area contributed by atoms with E-state index in [1.54, 1.807) is 11.1 Å². The minimum Gasteiger partial charge on any atom is -0.300 e. The first-order valence-corrected chi connectivity index (χ1v) is 8.90. The van der Waals surface area contributed by atoms with Gasteiger partial charge in [0.1, 0.15) is 5.78 Å². The Kier molecular flexibility index (Phi) is 4.03. The number of rotatable bonds is 4. The van der Waals surface area contributed by atoms with Crippen LogP contribution in [0.2, 0.25) is 0 Å². The lowest BCUT2D eigenvalue weighted by molar-refractivity contribution is -0.119. The third-order valence-electron chi connectivity index (χ3n) is 5.09. The van der Waals surface area contributed by atoms with Gasteiger partial charge >= 0.3 is 0 Å². The first-order valence-electron chi connectivity index (χ1n) is 8.90. The highest BCUT2D eigenvalue weighted by Gasteiger charge is 2.40. The van der Waals surface area contributed by atoms with Gasteiger partial charge in [0, 0.05) is 30.0 Å². The van der Waals surface area contributed by atoms with E-state index >= 15 is 0 Å². The molecule has 0 saturated heterocycles. The molecule has 4 rings (SSSR count). The van der Waals surface area contributed by atoms with Crippen molar-refractivity contribution >= 4 is 28.3 Å². The summed E-state index contributed by atoms with van der Waals surface area (Å²) in [6.45, 7) is 3.81. The summed E-state index contributed by atoms with van der Waals surface area (Å²) in [5.41, 5.74) is 4.14. The largest absolute Gasteiger partial charge is 0.300 e. The highest BCUT2D eigenvalue weighted by molar-refractivity contribution is 6.15. The van der Waals surface area contributed by atoms with E-state index in [0.29, 0.717) is 18.4 Å². The van der Waals surface area contributed by atoms with E-state index in [9.17, 15) is 9.59 Å². The van der Waals surface area contributed by atoms with Gasteiger partial charge in [-0.15, -0.1) is 0 Å². The van der Waals surface area contributed by atoms with Gasteiger partial charge in [-0.3, -0.25) is 19.5 Å². The smallest absolute Gasteiger partial charge is 0.259 e. The van der Waals surface area contributed by atoms with E-state index in [-0.39, 0.29) is 17.7 Å². The molecule has 130 valence electrons. The lowest BCUT2D eigenvalue weighted by Gasteiger charge is -2.26. The number of ketones is 1. The number of para-hydroxylation sites is 1. The number of hydrogen-bond acceptors (Lipinski definition) is 3. The molecule has 2 heterocycles. The molecule has 0 spiro atoms. The van der Waals surface area contributed by atoms with Gasteiger partial charge in [-0.2, -0.15) is 0 Å². The van der Waals surface area contributed by atoms with E-state index in [4.69, 9.17) is 0 Å². The van der Waals surface area contributed by atoms with Crippen molar-refractivity contribution in [2.75, 3.05) is 4.90 Å². The zero-order chi connectivity index (χ0) is 18.3. The molecule has 4 nitrogen and oxygen atoms in total. The number of pyridine rings is 1. The Morgan fingerprint density at radius 2 is 1.88 bits per heavy atom. The number of nitrogens with zero attached hydrogens (tertiary/aromatic N) is 2. The van der Waals surface area contributed by atoms with Crippen molar-refractivity contribution in [3.05, 3.63) is 71.4 Å². The first kappa shape index (κ1) is 16.5. The molecule has 1 aliphatic rings. The molecule has 0 bridgehead atoms. The Hall–Kier alpha value is -3.01. The summed E-state index contributed by atoms with van der Waals surface area (Å²) in [6, 6.07) is 15.3. The molecule has 0 aliphatic carbocycles. The molecule has 26 heavy (non-hydrogen) atoms. The summed E-state index contributed by atoms with van der Waals surface area (Å²) in [5, 5.41) is 0.978. The SMILES string of the molecule is CCC(=O)CC1c2cccc(C)c2C(=O)N1c1cccc2cccnc12. The molecule has 1 unspecified atom stereocenters. The minimum atomic E-state index is -0.280. The molecular formula is C22H20N2O2. The normalized spacial score (nSPS) is 16.2. The number of aromatic nitrogens is 1. The zero-order valence-corrected chi connectivity index (χ0v) is 14.9. The highest BCUT2D eigenvalue weighted by Crippen LogP contribution is 2.42. The summed E-state index contributed by atoms with van der Waals surface area (Å²) in [6.07, 6.45) is 2.52. The Morgan fingerprint density at radius 1 is 1.12 bits per heavy atom. The molecule has 0 radical (unpaired) electrons.